The summed E-state index contributed by atoms with van der Waals surface area (Å²) in [7, 11) is 0. The van der Waals surface area contributed by atoms with Crippen molar-refractivity contribution < 1.29 is 24.5 Å². The van der Waals surface area contributed by atoms with Gasteiger partial charge in [0.05, 0.1) is 11.2 Å². The highest BCUT2D eigenvalue weighted by atomic mass is 16.5. The number of ketones is 1. The molecule has 5 nitrogen and oxygen atoms in total. The minimum absolute atomic E-state index is 0.124. The molecule has 0 unspecified atom stereocenters. The molecule has 0 aromatic heterocycles. The van der Waals surface area contributed by atoms with Crippen molar-refractivity contribution in [1.82, 2.24) is 0 Å². The third-order valence-corrected chi connectivity index (χ3v) is 5.80. The monoisotopic (exact) mass is 408 g/mol. The van der Waals surface area contributed by atoms with Crippen molar-refractivity contribution in [2.45, 2.75) is 64.3 Å². The fourth-order valence-electron chi connectivity index (χ4n) is 3.91. The maximum atomic E-state index is 12.7. The standard InChI is InChI=1S/C25H28O5/c1-24(2)10-9-16-11-15(6-8-21(16)30-24)5-7-19(26)18-12-17-13-23(25(3,4)28)29-22(17)14-20(18)27/h5-8,11-12,14,23,27-28H,9-10,13H2,1-4H3/t23-/m0/s1. The van der Waals surface area contributed by atoms with E-state index in [2.05, 4.69) is 13.8 Å². The van der Waals surface area contributed by atoms with E-state index in [0.29, 0.717) is 12.2 Å². The zero-order valence-corrected chi connectivity index (χ0v) is 17.9. The molecule has 1 atom stereocenters. The lowest BCUT2D eigenvalue weighted by atomic mass is 9.93. The van der Waals surface area contributed by atoms with Crippen LogP contribution >= 0.6 is 0 Å². The lowest BCUT2D eigenvalue weighted by Crippen LogP contribution is -2.39. The first-order chi connectivity index (χ1) is 14.0. The number of aryl methyl sites for hydroxylation is 1. The van der Waals surface area contributed by atoms with Gasteiger partial charge in [-0.05, 0) is 81.5 Å². The highest BCUT2D eigenvalue weighted by molar-refractivity contribution is 6.08. The number of ether oxygens (including phenoxy) is 2. The normalized spacial score (nSPS) is 19.7. The predicted molar refractivity (Wildman–Crippen MR) is 115 cm³/mol. The first kappa shape index (κ1) is 20.5. The summed E-state index contributed by atoms with van der Waals surface area (Å²) in [6.45, 7) is 7.53. The molecular formula is C25H28O5. The van der Waals surface area contributed by atoms with Crippen LogP contribution in [0.2, 0.25) is 0 Å². The molecule has 2 aliphatic heterocycles. The number of aliphatic hydroxyl groups is 1. The second kappa shape index (κ2) is 7.17. The zero-order valence-electron chi connectivity index (χ0n) is 17.9. The molecule has 158 valence electrons. The Morgan fingerprint density at radius 3 is 2.67 bits per heavy atom. The van der Waals surface area contributed by atoms with Crippen LogP contribution in [0.5, 0.6) is 17.2 Å². The van der Waals surface area contributed by atoms with E-state index in [9.17, 15) is 15.0 Å². The summed E-state index contributed by atoms with van der Waals surface area (Å²) in [6.07, 6.45) is 5.19. The van der Waals surface area contributed by atoms with Crippen molar-refractivity contribution in [1.29, 1.82) is 0 Å². The summed E-state index contributed by atoms with van der Waals surface area (Å²) < 4.78 is 11.7. The van der Waals surface area contributed by atoms with Crippen molar-refractivity contribution in [2.24, 2.45) is 0 Å². The van der Waals surface area contributed by atoms with Crippen LogP contribution in [0.3, 0.4) is 0 Å². The van der Waals surface area contributed by atoms with Crippen LogP contribution in [0, 0.1) is 0 Å². The molecule has 0 saturated carbocycles. The molecule has 2 aromatic carbocycles. The van der Waals surface area contributed by atoms with E-state index < -0.39 is 11.7 Å². The largest absolute Gasteiger partial charge is 0.507 e. The van der Waals surface area contributed by atoms with E-state index in [0.717, 1.165) is 35.3 Å². The summed E-state index contributed by atoms with van der Waals surface area (Å²) in [5.74, 6) is 1.00. The average molecular weight is 408 g/mol. The summed E-state index contributed by atoms with van der Waals surface area (Å²) in [5, 5.41) is 20.5. The molecule has 0 saturated heterocycles. The van der Waals surface area contributed by atoms with Gasteiger partial charge in [-0.1, -0.05) is 12.1 Å². The molecule has 0 bridgehead atoms. The number of allylic oxidation sites excluding steroid dienone is 1. The maximum absolute atomic E-state index is 12.7. The number of aromatic hydroxyl groups is 1. The fraction of sp³-hybridized carbons (Fsp3) is 0.400. The van der Waals surface area contributed by atoms with E-state index >= 15 is 0 Å². The van der Waals surface area contributed by atoms with Gasteiger partial charge in [-0.3, -0.25) is 4.79 Å². The Labute approximate surface area is 177 Å². The lowest BCUT2D eigenvalue weighted by molar-refractivity contribution is -0.0230. The second-order valence-corrected chi connectivity index (χ2v) is 9.37. The van der Waals surface area contributed by atoms with Crippen molar-refractivity contribution in [3.8, 4) is 17.2 Å². The summed E-state index contributed by atoms with van der Waals surface area (Å²) in [4.78, 5) is 12.7. The number of carbonyl (C=O) groups is 1. The highest BCUT2D eigenvalue weighted by Crippen LogP contribution is 2.38. The maximum Gasteiger partial charge on any atom is 0.189 e. The Hall–Kier alpha value is -2.79. The number of rotatable bonds is 4. The molecule has 30 heavy (non-hydrogen) atoms. The number of benzene rings is 2. The van der Waals surface area contributed by atoms with Crippen LogP contribution in [-0.4, -0.2) is 33.3 Å². The summed E-state index contributed by atoms with van der Waals surface area (Å²) in [6, 6.07) is 9.03. The Morgan fingerprint density at radius 1 is 1.17 bits per heavy atom. The molecule has 5 heteroatoms. The van der Waals surface area contributed by atoms with Crippen molar-refractivity contribution >= 4 is 11.9 Å². The average Bonchev–Trinajstić information content (AvgIpc) is 3.08. The molecule has 2 aromatic rings. The van der Waals surface area contributed by atoms with Crippen LogP contribution in [0.1, 0.15) is 61.2 Å². The molecule has 0 aliphatic carbocycles. The van der Waals surface area contributed by atoms with Crippen LogP contribution in [-0.2, 0) is 12.8 Å². The Morgan fingerprint density at radius 2 is 1.93 bits per heavy atom. The van der Waals surface area contributed by atoms with Gasteiger partial charge in [-0.15, -0.1) is 0 Å². The zero-order chi connectivity index (χ0) is 21.7. The van der Waals surface area contributed by atoms with Gasteiger partial charge < -0.3 is 19.7 Å². The Bertz CT molecular complexity index is 1030. The fourth-order valence-corrected chi connectivity index (χ4v) is 3.91. The van der Waals surface area contributed by atoms with Gasteiger partial charge in [-0.2, -0.15) is 0 Å². The van der Waals surface area contributed by atoms with Gasteiger partial charge in [0.2, 0.25) is 0 Å². The first-order valence-electron chi connectivity index (χ1n) is 10.3. The topological polar surface area (TPSA) is 76.0 Å². The molecule has 4 rings (SSSR count). The summed E-state index contributed by atoms with van der Waals surface area (Å²) in [5.41, 5.74) is 1.93. The van der Waals surface area contributed by atoms with E-state index in [-0.39, 0.29) is 22.7 Å². The molecule has 0 amide bonds. The molecule has 2 aliphatic rings. The third-order valence-electron chi connectivity index (χ3n) is 5.80. The second-order valence-electron chi connectivity index (χ2n) is 9.37. The molecule has 0 radical (unpaired) electrons. The number of fused-ring (bicyclic) bond motifs is 2. The van der Waals surface area contributed by atoms with Crippen LogP contribution in [0.25, 0.3) is 6.08 Å². The highest BCUT2D eigenvalue weighted by Gasteiger charge is 2.35. The number of phenols is 1. The number of phenolic OH excluding ortho intramolecular Hbond substituents is 1. The van der Waals surface area contributed by atoms with Gasteiger partial charge in [0.25, 0.3) is 0 Å². The van der Waals surface area contributed by atoms with Gasteiger partial charge >= 0.3 is 0 Å². The van der Waals surface area contributed by atoms with E-state index in [1.54, 1.807) is 26.0 Å². The van der Waals surface area contributed by atoms with Crippen LogP contribution in [0.15, 0.2) is 36.4 Å². The summed E-state index contributed by atoms with van der Waals surface area (Å²) >= 11 is 0. The van der Waals surface area contributed by atoms with Crippen LogP contribution in [0.4, 0.5) is 0 Å². The molecule has 2 N–H and O–H groups in total. The number of hydrogen-bond acceptors (Lipinski definition) is 5. The molecule has 2 heterocycles. The SMILES string of the molecule is CC1(C)CCc2cc(C=CC(=O)c3cc4c(cc3O)O[C@H](C(C)(C)O)C4)ccc2O1. The first-order valence-corrected chi connectivity index (χ1v) is 10.3. The van der Waals surface area contributed by atoms with Gasteiger partial charge in [0.15, 0.2) is 5.78 Å². The number of carbonyl (C=O) groups excluding carboxylic acids is 1. The van der Waals surface area contributed by atoms with E-state index in [1.807, 2.05) is 18.2 Å². The van der Waals surface area contributed by atoms with E-state index in [1.165, 1.54) is 12.1 Å². The van der Waals surface area contributed by atoms with Crippen LogP contribution < -0.4 is 9.47 Å². The molecular weight excluding hydrogens is 380 g/mol. The lowest BCUT2D eigenvalue weighted by Gasteiger charge is -2.32. The molecule has 0 fully saturated rings. The van der Waals surface area contributed by atoms with E-state index in [4.69, 9.17) is 9.47 Å². The van der Waals surface area contributed by atoms with Gasteiger partial charge in [0.1, 0.15) is 29.0 Å². The van der Waals surface area contributed by atoms with Crippen molar-refractivity contribution in [3.63, 3.8) is 0 Å². The minimum Gasteiger partial charge on any atom is -0.507 e. The minimum atomic E-state index is -1.01. The van der Waals surface area contributed by atoms with Crippen molar-refractivity contribution in [3.05, 3.63) is 58.7 Å². The smallest absolute Gasteiger partial charge is 0.189 e. The van der Waals surface area contributed by atoms with Gasteiger partial charge in [-0.25, -0.2) is 0 Å². The van der Waals surface area contributed by atoms with Gasteiger partial charge in [0, 0.05) is 12.5 Å². The number of hydrogen-bond donors (Lipinski definition) is 2. The third kappa shape index (κ3) is 4.08. The Balaban J connectivity index is 1.52. The predicted octanol–water partition coefficient (Wildman–Crippen LogP) is 4.47. The quantitative estimate of drug-likeness (QED) is 0.577. The molecule has 0 spiro atoms. The Kier molecular flexibility index (Phi) is 4.89. The van der Waals surface area contributed by atoms with Crippen molar-refractivity contribution in [2.75, 3.05) is 0 Å².